The summed E-state index contributed by atoms with van der Waals surface area (Å²) in [5.41, 5.74) is 0. The molecule has 0 aliphatic carbocycles. The molecule has 2 heterocycles. The highest BCUT2D eigenvalue weighted by molar-refractivity contribution is 7.99. The van der Waals surface area contributed by atoms with Crippen LogP contribution in [0.1, 0.15) is 9.75 Å². The Morgan fingerprint density at radius 3 is 2.89 bits per heavy atom. The Hall–Kier alpha value is -0.550. The Balaban J connectivity index is 1.63. The van der Waals surface area contributed by atoms with Crippen LogP contribution in [0, 0.1) is 6.92 Å². The summed E-state index contributed by atoms with van der Waals surface area (Å²) >= 11 is 9.37. The summed E-state index contributed by atoms with van der Waals surface area (Å²) in [7, 11) is 0. The molecule has 0 atom stereocenters. The maximum atomic E-state index is 5.78. The number of rotatable bonds is 6. The van der Waals surface area contributed by atoms with Crippen molar-refractivity contribution in [2.45, 2.75) is 18.5 Å². The van der Waals surface area contributed by atoms with Gasteiger partial charge >= 0.3 is 0 Å². The first-order chi connectivity index (χ1) is 8.74. The average molecular weight is 299 g/mol. The fraction of sp³-hybridized carbons (Fsp3) is 0.308. The second kappa shape index (κ2) is 7.14. The standard InChI is InChI=1S/C13H15ClN2S2/c1-10-2-4-12(18-10)9-15-6-7-17-13-5-3-11(14)8-16-13/h2-5,8,15H,6-7,9H2,1H3. The SMILES string of the molecule is Cc1ccc(CNCCSc2ccc(Cl)cn2)s1. The van der Waals surface area contributed by atoms with Crippen LogP contribution in [-0.2, 0) is 6.54 Å². The maximum absolute atomic E-state index is 5.78. The summed E-state index contributed by atoms with van der Waals surface area (Å²) in [6.07, 6.45) is 1.69. The molecule has 0 aliphatic rings. The number of halogens is 1. The smallest absolute Gasteiger partial charge is 0.0961 e. The van der Waals surface area contributed by atoms with Crippen LogP contribution in [0.4, 0.5) is 0 Å². The molecule has 2 nitrogen and oxygen atoms in total. The number of thioether (sulfide) groups is 1. The first-order valence-electron chi connectivity index (χ1n) is 5.74. The molecule has 0 saturated heterocycles. The first kappa shape index (κ1) is 13.9. The number of nitrogens with zero attached hydrogens (tertiary/aromatic N) is 1. The van der Waals surface area contributed by atoms with E-state index in [9.17, 15) is 0 Å². The van der Waals surface area contributed by atoms with E-state index in [0.29, 0.717) is 5.02 Å². The molecular weight excluding hydrogens is 284 g/mol. The lowest BCUT2D eigenvalue weighted by Gasteiger charge is -2.03. The fourth-order valence-electron chi connectivity index (χ4n) is 1.47. The third kappa shape index (κ3) is 4.61. The van der Waals surface area contributed by atoms with Crippen molar-refractivity contribution in [1.29, 1.82) is 0 Å². The van der Waals surface area contributed by atoms with Crippen LogP contribution >= 0.6 is 34.7 Å². The van der Waals surface area contributed by atoms with E-state index in [1.165, 1.54) is 9.75 Å². The third-order valence-electron chi connectivity index (χ3n) is 2.32. The minimum Gasteiger partial charge on any atom is -0.311 e. The Kier molecular flexibility index (Phi) is 5.50. The number of aryl methyl sites for hydroxylation is 1. The monoisotopic (exact) mass is 298 g/mol. The van der Waals surface area contributed by atoms with E-state index < -0.39 is 0 Å². The molecule has 2 rings (SSSR count). The number of hydrogen-bond acceptors (Lipinski definition) is 4. The van der Waals surface area contributed by atoms with Gasteiger partial charge in [0.1, 0.15) is 0 Å². The van der Waals surface area contributed by atoms with Gasteiger partial charge in [0.25, 0.3) is 0 Å². The van der Waals surface area contributed by atoms with Crippen LogP contribution in [-0.4, -0.2) is 17.3 Å². The van der Waals surface area contributed by atoms with Crippen LogP contribution in [0.3, 0.4) is 0 Å². The van der Waals surface area contributed by atoms with Gasteiger partial charge in [-0.2, -0.15) is 0 Å². The van der Waals surface area contributed by atoms with Gasteiger partial charge in [0.15, 0.2) is 0 Å². The lowest BCUT2D eigenvalue weighted by molar-refractivity contribution is 0.740. The molecule has 0 radical (unpaired) electrons. The van der Waals surface area contributed by atoms with Crippen molar-refractivity contribution in [2.75, 3.05) is 12.3 Å². The molecule has 0 saturated carbocycles. The highest BCUT2D eigenvalue weighted by Crippen LogP contribution is 2.17. The summed E-state index contributed by atoms with van der Waals surface area (Å²) in [6.45, 7) is 4.06. The van der Waals surface area contributed by atoms with Crippen molar-refractivity contribution >= 4 is 34.7 Å². The third-order valence-corrected chi connectivity index (χ3v) is 4.49. The van der Waals surface area contributed by atoms with Gasteiger partial charge in [-0.1, -0.05) is 11.6 Å². The highest BCUT2D eigenvalue weighted by atomic mass is 35.5. The summed E-state index contributed by atoms with van der Waals surface area (Å²) < 4.78 is 0. The zero-order valence-corrected chi connectivity index (χ0v) is 12.5. The van der Waals surface area contributed by atoms with Crippen LogP contribution in [0.15, 0.2) is 35.5 Å². The summed E-state index contributed by atoms with van der Waals surface area (Å²) in [4.78, 5) is 7.00. The zero-order valence-electron chi connectivity index (χ0n) is 10.1. The zero-order chi connectivity index (χ0) is 12.8. The van der Waals surface area contributed by atoms with E-state index in [2.05, 4.69) is 29.4 Å². The van der Waals surface area contributed by atoms with E-state index in [1.54, 1.807) is 18.0 Å². The molecule has 0 aliphatic heterocycles. The van der Waals surface area contributed by atoms with Crippen molar-refractivity contribution in [3.63, 3.8) is 0 Å². The Labute approximate surface area is 121 Å². The van der Waals surface area contributed by atoms with Gasteiger partial charge in [-0.15, -0.1) is 23.1 Å². The number of aromatic nitrogens is 1. The van der Waals surface area contributed by atoms with Crippen LogP contribution in [0.25, 0.3) is 0 Å². The molecule has 2 aromatic rings. The average Bonchev–Trinajstić information content (AvgIpc) is 2.77. The van der Waals surface area contributed by atoms with E-state index in [1.807, 2.05) is 23.5 Å². The molecule has 1 N–H and O–H groups in total. The number of pyridine rings is 1. The second-order valence-corrected chi connectivity index (χ2v) is 6.78. The molecule has 18 heavy (non-hydrogen) atoms. The predicted molar refractivity (Wildman–Crippen MR) is 80.7 cm³/mol. The minimum atomic E-state index is 0.686. The van der Waals surface area contributed by atoms with Crippen molar-refractivity contribution in [1.82, 2.24) is 10.3 Å². The fourth-order valence-corrected chi connectivity index (χ4v) is 3.19. The molecule has 96 valence electrons. The summed E-state index contributed by atoms with van der Waals surface area (Å²) in [5, 5.41) is 5.14. The van der Waals surface area contributed by atoms with E-state index >= 15 is 0 Å². The van der Waals surface area contributed by atoms with Gasteiger partial charge in [-0.05, 0) is 31.2 Å². The lowest BCUT2D eigenvalue weighted by Crippen LogP contribution is -2.15. The molecule has 0 amide bonds. The summed E-state index contributed by atoms with van der Waals surface area (Å²) in [6, 6.07) is 8.17. The van der Waals surface area contributed by atoms with Crippen LogP contribution in [0.2, 0.25) is 5.02 Å². The largest absolute Gasteiger partial charge is 0.311 e. The van der Waals surface area contributed by atoms with Crippen molar-refractivity contribution in [2.24, 2.45) is 0 Å². The van der Waals surface area contributed by atoms with Crippen LogP contribution in [0.5, 0.6) is 0 Å². The van der Waals surface area contributed by atoms with Gasteiger partial charge < -0.3 is 5.32 Å². The topological polar surface area (TPSA) is 24.9 Å². The second-order valence-electron chi connectivity index (χ2n) is 3.85. The summed E-state index contributed by atoms with van der Waals surface area (Å²) in [5.74, 6) is 1.01. The molecule has 2 aromatic heterocycles. The van der Waals surface area contributed by atoms with Crippen LogP contribution < -0.4 is 5.32 Å². The van der Waals surface area contributed by atoms with Gasteiger partial charge in [0.2, 0.25) is 0 Å². The molecule has 0 spiro atoms. The van der Waals surface area contributed by atoms with Gasteiger partial charge in [-0.3, -0.25) is 0 Å². The molecule has 5 heteroatoms. The maximum Gasteiger partial charge on any atom is 0.0961 e. The number of hydrogen-bond donors (Lipinski definition) is 1. The van der Waals surface area contributed by atoms with Crippen molar-refractivity contribution in [3.8, 4) is 0 Å². The molecule has 0 fully saturated rings. The lowest BCUT2D eigenvalue weighted by atomic mass is 10.4. The van der Waals surface area contributed by atoms with E-state index in [0.717, 1.165) is 23.9 Å². The quantitative estimate of drug-likeness (QED) is 0.645. The molecule has 0 bridgehead atoms. The normalized spacial score (nSPS) is 10.8. The Morgan fingerprint density at radius 1 is 1.33 bits per heavy atom. The molecular formula is C13H15ClN2S2. The van der Waals surface area contributed by atoms with Crippen molar-refractivity contribution in [3.05, 3.63) is 45.2 Å². The molecule has 0 aromatic carbocycles. The predicted octanol–water partition coefficient (Wildman–Crippen LogP) is 3.99. The number of nitrogens with one attached hydrogen (secondary N) is 1. The Morgan fingerprint density at radius 2 is 2.22 bits per heavy atom. The van der Waals surface area contributed by atoms with E-state index in [-0.39, 0.29) is 0 Å². The highest BCUT2D eigenvalue weighted by Gasteiger charge is 1.98. The van der Waals surface area contributed by atoms with Gasteiger partial charge in [0.05, 0.1) is 10.0 Å². The minimum absolute atomic E-state index is 0.686. The Bertz CT molecular complexity index is 482. The molecule has 0 unspecified atom stereocenters. The van der Waals surface area contributed by atoms with Gasteiger partial charge in [-0.25, -0.2) is 4.98 Å². The van der Waals surface area contributed by atoms with Crippen molar-refractivity contribution < 1.29 is 0 Å². The van der Waals surface area contributed by atoms with Gasteiger partial charge in [0, 0.05) is 34.8 Å². The van der Waals surface area contributed by atoms with E-state index in [4.69, 9.17) is 11.6 Å². The number of thiophene rings is 1. The first-order valence-corrected chi connectivity index (χ1v) is 7.92.